The average Bonchev–Trinajstić information content (AvgIpc) is 2.55. The predicted octanol–water partition coefficient (Wildman–Crippen LogP) is 2.44. The van der Waals surface area contributed by atoms with Gasteiger partial charge in [-0.15, -0.1) is 0 Å². The number of benzene rings is 1. The number of carbonyl (C=O) groups is 1. The molecule has 2 rings (SSSR count). The number of hydrogen-bond donors (Lipinski definition) is 0. The van der Waals surface area contributed by atoms with Crippen molar-refractivity contribution in [3.63, 3.8) is 0 Å². The van der Waals surface area contributed by atoms with Crippen LogP contribution in [0.2, 0.25) is 0 Å². The van der Waals surface area contributed by atoms with Gasteiger partial charge >= 0.3 is 5.97 Å². The van der Waals surface area contributed by atoms with Gasteiger partial charge in [0.05, 0.1) is 13.7 Å². The van der Waals surface area contributed by atoms with E-state index in [1.807, 2.05) is 23.1 Å². The van der Waals surface area contributed by atoms with E-state index in [-0.39, 0.29) is 18.3 Å². The van der Waals surface area contributed by atoms with E-state index in [2.05, 4.69) is 4.98 Å². The number of carbonyl (C=O) groups excluding carboxylic acids is 1. The zero-order chi connectivity index (χ0) is 15.8. The maximum absolute atomic E-state index is 13.0. The van der Waals surface area contributed by atoms with Gasteiger partial charge in [0.25, 0.3) is 0 Å². The summed E-state index contributed by atoms with van der Waals surface area (Å²) in [6.07, 6.45) is 2.49. The molecule has 1 heterocycles. The standard InChI is InChI=1S/C17H19FN2O2/c1-22-17(21)13-20(11-9-16-4-2-3-10-19-16)12-14-5-7-15(18)8-6-14/h2-8,10H,9,11-13H2,1H3. The molecule has 116 valence electrons. The molecule has 0 bridgehead atoms. The SMILES string of the molecule is COC(=O)CN(CCc1ccccn1)Cc1ccc(F)cc1. The molecule has 4 nitrogen and oxygen atoms in total. The van der Waals surface area contributed by atoms with E-state index in [1.165, 1.54) is 19.2 Å². The maximum atomic E-state index is 13.0. The summed E-state index contributed by atoms with van der Waals surface area (Å²) in [5.74, 6) is -0.556. The van der Waals surface area contributed by atoms with Gasteiger partial charge in [-0.2, -0.15) is 0 Å². The molecule has 5 heteroatoms. The smallest absolute Gasteiger partial charge is 0.319 e. The molecule has 2 aromatic rings. The molecule has 0 saturated carbocycles. The summed E-state index contributed by atoms with van der Waals surface area (Å²) < 4.78 is 17.7. The Morgan fingerprint density at radius 3 is 2.64 bits per heavy atom. The van der Waals surface area contributed by atoms with Gasteiger partial charge in [0.15, 0.2) is 0 Å². The highest BCUT2D eigenvalue weighted by atomic mass is 19.1. The Labute approximate surface area is 129 Å². The Hall–Kier alpha value is -2.27. The number of nitrogens with zero attached hydrogens (tertiary/aromatic N) is 2. The van der Waals surface area contributed by atoms with Gasteiger partial charge in [-0.3, -0.25) is 14.7 Å². The summed E-state index contributed by atoms with van der Waals surface area (Å²) in [6.45, 7) is 1.42. The minimum absolute atomic E-state index is 0.195. The zero-order valence-electron chi connectivity index (χ0n) is 12.5. The quantitative estimate of drug-likeness (QED) is 0.737. The van der Waals surface area contributed by atoms with Crippen LogP contribution in [-0.4, -0.2) is 36.1 Å². The molecule has 0 unspecified atom stereocenters. The molecule has 1 aromatic heterocycles. The molecular formula is C17H19FN2O2. The van der Waals surface area contributed by atoms with Crippen LogP contribution in [-0.2, 0) is 22.5 Å². The second kappa shape index (κ2) is 8.24. The van der Waals surface area contributed by atoms with E-state index in [0.29, 0.717) is 13.1 Å². The van der Waals surface area contributed by atoms with E-state index in [4.69, 9.17) is 4.74 Å². The lowest BCUT2D eigenvalue weighted by atomic mass is 10.2. The van der Waals surface area contributed by atoms with Gasteiger partial charge in [-0.05, 0) is 29.8 Å². The number of pyridine rings is 1. The number of rotatable bonds is 7. The van der Waals surface area contributed by atoms with Crippen LogP contribution >= 0.6 is 0 Å². The van der Waals surface area contributed by atoms with Crippen molar-refractivity contribution in [2.45, 2.75) is 13.0 Å². The van der Waals surface area contributed by atoms with Gasteiger partial charge in [0.2, 0.25) is 0 Å². The fourth-order valence-corrected chi connectivity index (χ4v) is 2.13. The summed E-state index contributed by atoms with van der Waals surface area (Å²) >= 11 is 0. The topological polar surface area (TPSA) is 42.4 Å². The normalized spacial score (nSPS) is 10.7. The van der Waals surface area contributed by atoms with E-state index in [0.717, 1.165) is 17.7 Å². The van der Waals surface area contributed by atoms with E-state index in [1.54, 1.807) is 18.3 Å². The Balaban J connectivity index is 1.98. The summed E-state index contributed by atoms with van der Waals surface area (Å²) in [5, 5.41) is 0. The van der Waals surface area contributed by atoms with Gasteiger partial charge in [-0.1, -0.05) is 18.2 Å². The predicted molar refractivity (Wildman–Crippen MR) is 81.6 cm³/mol. The van der Waals surface area contributed by atoms with Crippen molar-refractivity contribution in [1.29, 1.82) is 0 Å². The first-order chi connectivity index (χ1) is 10.7. The van der Waals surface area contributed by atoms with Crippen molar-refractivity contribution in [3.05, 3.63) is 65.7 Å². The molecule has 0 aliphatic rings. The fraction of sp³-hybridized carbons (Fsp3) is 0.294. The number of halogens is 1. The van der Waals surface area contributed by atoms with Crippen LogP contribution in [0.1, 0.15) is 11.3 Å². The van der Waals surface area contributed by atoms with Crippen molar-refractivity contribution in [1.82, 2.24) is 9.88 Å². The molecule has 0 spiro atoms. The number of methoxy groups -OCH3 is 1. The van der Waals surface area contributed by atoms with Crippen molar-refractivity contribution in [2.24, 2.45) is 0 Å². The van der Waals surface area contributed by atoms with Crippen LogP contribution in [0, 0.1) is 5.82 Å². The summed E-state index contributed by atoms with van der Waals surface area (Å²) in [7, 11) is 1.37. The lowest BCUT2D eigenvalue weighted by Gasteiger charge is -2.21. The van der Waals surface area contributed by atoms with Crippen LogP contribution in [0.5, 0.6) is 0 Å². The van der Waals surface area contributed by atoms with Gasteiger partial charge in [0, 0.05) is 31.4 Å². The van der Waals surface area contributed by atoms with E-state index in [9.17, 15) is 9.18 Å². The molecular weight excluding hydrogens is 283 g/mol. The van der Waals surface area contributed by atoms with Crippen molar-refractivity contribution in [3.8, 4) is 0 Å². The number of aromatic nitrogens is 1. The average molecular weight is 302 g/mol. The minimum atomic E-state index is -0.289. The molecule has 0 amide bonds. The third-order valence-corrected chi connectivity index (χ3v) is 3.31. The lowest BCUT2D eigenvalue weighted by Crippen LogP contribution is -2.32. The molecule has 22 heavy (non-hydrogen) atoms. The van der Waals surface area contributed by atoms with E-state index < -0.39 is 0 Å². The van der Waals surface area contributed by atoms with Crippen molar-refractivity contribution >= 4 is 5.97 Å². The van der Waals surface area contributed by atoms with Crippen LogP contribution in [0.25, 0.3) is 0 Å². The molecule has 0 aliphatic carbocycles. The van der Waals surface area contributed by atoms with Crippen molar-refractivity contribution < 1.29 is 13.9 Å². The largest absolute Gasteiger partial charge is 0.468 e. The first-order valence-corrected chi connectivity index (χ1v) is 7.11. The van der Waals surface area contributed by atoms with Crippen LogP contribution in [0.3, 0.4) is 0 Å². The third kappa shape index (κ3) is 5.26. The molecule has 0 N–H and O–H groups in total. The zero-order valence-corrected chi connectivity index (χ0v) is 12.5. The lowest BCUT2D eigenvalue weighted by molar-refractivity contribution is -0.142. The summed E-state index contributed by atoms with van der Waals surface area (Å²) in [4.78, 5) is 17.8. The Morgan fingerprint density at radius 2 is 2.00 bits per heavy atom. The highest BCUT2D eigenvalue weighted by Gasteiger charge is 2.12. The molecule has 0 radical (unpaired) electrons. The third-order valence-electron chi connectivity index (χ3n) is 3.31. The molecule has 0 fully saturated rings. The summed E-state index contributed by atoms with van der Waals surface area (Å²) in [5.41, 5.74) is 1.92. The minimum Gasteiger partial charge on any atom is -0.468 e. The number of esters is 1. The maximum Gasteiger partial charge on any atom is 0.319 e. The van der Waals surface area contributed by atoms with Crippen LogP contribution in [0.4, 0.5) is 4.39 Å². The van der Waals surface area contributed by atoms with Gasteiger partial charge in [-0.25, -0.2) is 4.39 Å². The fourth-order valence-electron chi connectivity index (χ4n) is 2.13. The summed E-state index contributed by atoms with van der Waals surface area (Å²) in [6, 6.07) is 12.0. The van der Waals surface area contributed by atoms with Gasteiger partial charge in [0.1, 0.15) is 5.82 Å². The Kier molecular flexibility index (Phi) is 6.03. The molecule has 1 aromatic carbocycles. The second-order valence-electron chi connectivity index (χ2n) is 4.98. The second-order valence-corrected chi connectivity index (χ2v) is 4.98. The number of ether oxygens (including phenoxy) is 1. The highest BCUT2D eigenvalue weighted by molar-refractivity contribution is 5.71. The first kappa shape index (κ1) is 16.1. The van der Waals surface area contributed by atoms with Crippen LogP contribution < -0.4 is 0 Å². The molecule has 0 aliphatic heterocycles. The Bertz CT molecular complexity index is 587. The molecule has 0 saturated heterocycles. The van der Waals surface area contributed by atoms with Crippen molar-refractivity contribution in [2.75, 3.05) is 20.2 Å². The van der Waals surface area contributed by atoms with E-state index >= 15 is 0 Å². The first-order valence-electron chi connectivity index (χ1n) is 7.11. The number of hydrogen-bond acceptors (Lipinski definition) is 4. The van der Waals surface area contributed by atoms with Crippen LogP contribution in [0.15, 0.2) is 48.7 Å². The van der Waals surface area contributed by atoms with Gasteiger partial charge < -0.3 is 4.74 Å². The monoisotopic (exact) mass is 302 g/mol. The molecule has 0 atom stereocenters. The highest BCUT2D eigenvalue weighted by Crippen LogP contribution is 2.08. The Morgan fingerprint density at radius 1 is 1.23 bits per heavy atom.